The fraction of sp³-hybridized carbons (Fsp3) is 0.0345. The van der Waals surface area contributed by atoms with Crippen LogP contribution in [0.5, 0.6) is 0 Å². The van der Waals surface area contributed by atoms with Crippen LogP contribution in [0, 0.1) is 19.0 Å². The minimum absolute atomic E-state index is 0. The molecule has 0 aliphatic rings. The van der Waals surface area contributed by atoms with Crippen molar-refractivity contribution in [1.82, 2.24) is 9.97 Å². The summed E-state index contributed by atoms with van der Waals surface area (Å²) in [5, 5.41) is 0. The van der Waals surface area contributed by atoms with E-state index < -0.39 is 6.88 Å². The Balaban J connectivity index is 0.000000188. The van der Waals surface area contributed by atoms with Gasteiger partial charge >= 0.3 is 0 Å². The first-order valence-corrected chi connectivity index (χ1v) is 9.97. The Labute approximate surface area is 206 Å². The van der Waals surface area contributed by atoms with Crippen LogP contribution in [0.25, 0.3) is 33.6 Å². The van der Waals surface area contributed by atoms with Crippen LogP contribution in [0.2, 0.25) is 0 Å². The molecule has 5 aromatic rings. The molecule has 3 heteroatoms. The van der Waals surface area contributed by atoms with Gasteiger partial charge in [-0.15, -0.1) is 71.3 Å². The summed E-state index contributed by atoms with van der Waals surface area (Å²) in [5.74, 6) is 0. The maximum Gasteiger partial charge on any atom is 0.0177 e. The molecule has 0 aliphatic carbocycles. The summed E-state index contributed by atoms with van der Waals surface area (Å²) in [4.78, 5) is 8.60. The van der Waals surface area contributed by atoms with Crippen molar-refractivity contribution < 1.29 is 22.8 Å². The van der Waals surface area contributed by atoms with Crippen molar-refractivity contribution in [2.45, 2.75) is 6.88 Å². The van der Waals surface area contributed by atoms with Crippen LogP contribution in [0.1, 0.15) is 8.30 Å². The van der Waals surface area contributed by atoms with Crippen LogP contribution < -0.4 is 0 Å². The maximum absolute atomic E-state index is 7.22. The first kappa shape index (κ1) is 20.5. The van der Waals surface area contributed by atoms with Crippen LogP contribution in [0.4, 0.5) is 0 Å². The average Bonchev–Trinajstić information content (AvgIpc) is 2.91. The van der Waals surface area contributed by atoms with Crippen molar-refractivity contribution >= 4 is 0 Å². The summed E-state index contributed by atoms with van der Waals surface area (Å²) in [6.07, 6.45) is 3.58. The van der Waals surface area contributed by atoms with E-state index in [0.717, 1.165) is 22.5 Å². The van der Waals surface area contributed by atoms with Crippen LogP contribution >= 0.6 is 0 Å². The molecule has 0 saturated heterocycles. The minimum atomic E-state index is -0.945. The third-order valence-corrected chi connectivity index (χ3v) is 4.63. The van der Waals surface area contributed by atoms with Gasteiger partial charge in [-0.05, 0) is 34.6 Å². The van der Waals surface area contributed by atoms with E-state index >= 15 is 0 Å². The number of hydrogen-bond donors (Lipinski definition) is 0. The Morgan fingerprint density at radius 2 is 1.44 bits per heavy atom. The summed E-state index contributed by atoms with van der Waals surface area (Å²) >= 11 is 0. The van der Waals surface area contributed by atoms with Crippen LogP contribution in [-0.4, -0.2) is 9.97 Å². The molecule has 32 heavy (non-hydrogen) atoms. The zero-order valence-corrected chi connectivity index (χ0v) is 19.7. The SMILES string of the molecule is [2H]C([2H])c1c[c-]c(-c2ccccn2)cc1.[Ir].[c-]1ccccc1-c1cc(-c2ccccc2)ccn1. The molecule has 0 atom stereocenters. The summed E-state index contributed by atoms with van der Waals surface area (Å²) in [6, 6.07) is 39.6. The molecule has 2 nitrogen and oxygen atoms in total. The predicted octanol–water partition coefficient (Wildman–Crippen LogP) is 7.07. The molecule has 2 heterocycles. The van der Waals surface area contributed by atoms with Gasteiger partial charge in [0.2, 0.25) is 0 Å². The molecule has 0 bridgehead atoms. The van der Waals surface area contributed by atoms with E-state index in [-0.39, 0.29) is 20.1 Å². The first-order chi connectivity index (χ1) is 16.2. The van der Waals surface area contributed by atoms with Gasteiger partial charge in [-0.2, -0.15) is 0 Å². The Morgan fingerprint density at radius 3 is 2.12 bits per heavy atom. The molecule has 0 unspecified atom stereocenters. The molecule has 0 spiro atoms. The number of nitrogens with zero attached hydrogens (tertiary/aromatic N) is 2. The first-order valence-electron chi connectivity index (χ1n) is 11.1. The zero-order valence-electron chi connectivity index (χ0n) is 19.3. The van der Waals surface area contributed by atoms with Crippen molar-refractivity contribution in [3.8, 4) is 33.6 Å². The van der Waals surface area contributed by atoms with Gasteiger partial charge in [-0.25, -0.2) is 0 Å². The second-order valence-corrected chi connectivity index (χ2v) is 6.82. The van der Waals surface area contributed by atoms with Crippen LogP contribution in [-0.2, 0) is 20.1 Å². The second kappa shape index (κ2) is 11.9. The van der Waals surface area contributed by atoms with E-state index in [0.29, 0.717) is 5.56 Å². The monoisotopic (exact) mass is 593 g/mol. The predicted molar refractivity (Wildman–Crippen MR) is 127 cm³/mol. The molecule has 159 valence electrons. The molecule has 0 fully saturated rings. The standard InChI is InChI=1S/C17H12N.C12H10N.Ir/c1-3-7-14(8-4-1)16-11-12-18-17(13-16)15-9-5-2-6-10-15;1-10-5-7-11(8-6-10)12-4-2-3-9-13-12;/h1-9,11-13H;2-7,9H,1H3;/q2*-1;/i;1D2;. The molecule has 0 saturated carbocycles. The molecule has 2 aromatic heterocycles. The summed E-state index contributed by atoms with van der Waals surface area (Å²) in [5.41, 5.74) is 6.76. The van der Waals surface area contributed by atoms with Crippen LogP contribution in [0.15, 0.2) is 116 Å². The molecular formula is C29H22IrN2-2. The number of hydrogen-bond acceptors (Lipinski definition) is 2. The Hall–Kier alpha value is -3.39. The van der Waals surface area contributed by atoms with E-state index in [9.17, 15) is 0 Å². The van der Waals surface area contributed by atoms with Crippen molar-refractivity contribution in [1.29, 1.82) is 0 Å². The number of aryl methyl sites for hydroxylation is 1. The van der Waals surface area contributed by atoms with Gasteiger partial charge in [0.1, 0.15) is 0 Å². The van der Waals surface area contributed by atoms with Gasteiger partial charge in [0.15, 0.2) is 0 Å². The number of rotatable bonds is 3. The van der Waals surface area contributed by atoms with Gasteiger partial charge in [-0.3, -0.25) is 0 Å². The minimum Gasteiger partial charge on any atom is -0.305 e. The summed E-state index contributed by atoms with van der Waals surface area (Å²) in [6.45, 7) is -0.945. The summed E-state index contributed by atoms with van der Waals surface area (Å²) < 4.78 is 14.4. The van der Waals surface area contributed by atoms with E-state index in [1.165, 1.54) is 11.1 Å². The van der Waals surface area contributed by atoms with Crippen molar-refractivity contribution in [3.05, 3.63) is 133 Å². The number of pyridine rings is 2. The smallest absolute Gasteiger partial charge is 0.0177 e. The molecule has 3 aromatic carbocycles. The van der Waals surface area contributed by atoms with E-state index in [4.69, 9.17) is 2.74 Å². The quantitative estimate of drug-likeness (QED) is 0.210. The molecule has 0 N–H and O–H groups in total. The van der Waals surface area contributed by atoms with E-state index in [2.05, 4.69) is 40.3 Å². The van der Waals surface area contributed by atoms with Gasteiger partial charge in [-0.1, -0.05) is 55.4 Å². The van der Waals surface area contributed by atoms with E-state index in [1.54, 1.807) is 18.3 Å². The largest absolute Gasteiger partial charge is 0.305 e. The van der Waals surface area contributed by atoms with Crippen molar-refractivity contribution in [2.75, 3.05) is 0 Å². The van der Waals surface area contributed by atoms with Gasteiger partial charge < -0.3 is 9.97 Å². The molecule has 5 rings (SSSR count). The fourth-order valence-corrected chi connectivity index (χ4v) is 3.06. The molecule has 0 amide bonds. The van der Waals surface area contributed by atoms with Gasteiger partial charge in [0, 0.05) is 35.2 Å². The topological polar surface area (TPSA) is 25.8 Å². The van der Waals surface area contributed by atoms with Crippen LogP contribution in [0.3, 0.4) is 0 Å². The number of benzene rings is 3. The normalized spacial score (nSPS) is 10.8. The molecule has 1 radical (unpaired) electrons. The molecular weight excluding hydrogens is 569 g/mol. The summed E-state index contributed by atoms with van der Waals surface area (Å²) in [7, 11) is 0. The Kier molecular flexibility index (Phi) is 7.60. The Bertz CT molecular complexity index is 1210. The van der Waals surface area contributed by atoms with Crippen molar-refractivity contribution in [2.24, 2.45) is 0 Å². The van der Waals surface area contributed by atoms with Gasteiger partial charge in [0.25, 0.3) is 0 Å². The third kappa shape index (κ3) is 6.31. The maximum atomic E-state index is 7.22. The van der Waals surface area contributed by atoms with Gasteiger partial charge in [0.05, 0.1) is 0 Å². The second-order valence-electron chi connectivity index (χ2n) is 6.82. The van der Waals surface area contributed by atoms with E-state index in [1.807, 2.05) is 79.0 Å². The third-order valence-electron chi connectivity index (χ3n) is 4.63. The average molecular weight is 593 g/mol. The molecule has 0 aliphatic heterocycles. The Morgan fingerprint density at radius 1 is 0.656 bits per heavy atom. The van der Waals surface area contributed by atoms with Crippen molar-refractivity contribution in [3.63, 3.8) is 0 Å². The fourth-order valence-electron chi connectivity index (χ4n) is 3.06. The number of aromatic nitrogens is 2. The zero-order chi connectivity index (χ0) is 22.9.